The second kappa shape index (κ2) is 7.62. The quantitative estimate of drug-likeness (QED) is 0.698. The van der Waals surface area contributed by atoms with Crippen LogP contribution < -0.4 is 5.32 Å². The van der Waals surface area contributed by atoms with E-state index in [0.29, 0.717) is 29.9 Å². The Hall–Kier alpha value is -3.29. The van der Waals surface area contributed by atoms with Gasteiger partial charge >= 0.3 is 0 Å². The van der Waals surface area contributed by atoms with E-state index in [4.69, 9.17) is 5.26 Å². The maximum atomic E-state index is 12.8. The fourth-order valence-electron chi connectivity index (χ4n) is 3.37. The normalized spacial score (nSPS) is 15.8. The number of rotatable bonds is 4. The second-order valence-corrected chi connectivity index (χ2v) is 8.67. The summed E-state index contributed by atoms with van der Waals surface area (Å²) in [4.78, 5) is 17.0. The van der Waals surface area contributed by atoms with Crippen LogP contribution in [0.1, 0.15) is 18.4 Å². The van der Waals surface area contributed by atoms with Crippen LogP contribution in [0.15, 0.2) is 53.7 Å². The van der Waals surface area contributed by atoms with Crippen molar-refractivity contribution in [1.29, 1.82) is 5.26 Å². The first-order valence-corrected chi connectivity index (χ1v) is 10.5. The van der Waals surface area contributed by atoms with E-state index in [9.17, 15) is 13.2 Å². The van der Waals surface area contributed by atoms with Crippen LogP contribution in [0.5, 0.6) is 0 Å². The first kappa shape index (κ1) is 19.0. The molecule has 0 unspecified atom stereocenters. The number of carbonyl (C=O) groups excluding carboxylic acids is 1. The lowest BCUT2D eigenvalue weighted by molar-refractivity contribution is -0.120. The summed E-state index contributed by atoms with van der Waals surface area (Å²) in [7, 11) is -3.65. The summed E-state index contributed by atoms with van der Waals surface area (Å²) in [6.45, 7) is 0.516. The highest BCUT2D eigenvalue weighted by atomic mass is 32.2. The summed E-state index contributed by atoms with van der Waals surface area (Å²) in [5.74, 6) is 0.0715. The number of anilines is 1. The zero-order valence-corrected chi connectivity index (χ0v) is 16.2. The Kier molecular flexibility index (Phi) is 5.00. The predicted molar refractivity (Wildman–Crippen MR) is 104 cm³/mol. The molecule has 1 amide bonds. The molecule has 1 saturated heterocycles. The van der Waals surface area contributed by atoms with Crippen LogP contribution in [0, 0.1) is 17.2 Å². The largest absolute Gasteiger partial charge is 0.310 e. The van der Waals surface area contributed by atoms with Gasteiger partial charge in [-0.15, -0.1) is 0 Å². The molecule has 0 spiro atoms. The number of fused-ring (bicyclic) bond motifs is 1. The maximum absolute atomic E-state index is 12.8. The highest BCUT2D eigenvalue weighted by Gasteiger charge is 2.32. The van der Waals surface area contributed by atoms with E-state index in [2.05, 4.69) is 15.4 Å². The van der Waals surface area contributed by atoms with E-state index < -0.39 is 10.0 Å². The maximum Gasteiger partial charge on any atom is 0.243 e. The number of hydrogen-bond acceptors (Lipinski definition) is 6. The Morgan fingerprint density at radius 2 is 1.83 bits per heavy atom. The number of nitrogens with zero attached hydrogens (tertiary/aromatic N) is 5. The number of hydrogen-bond donors (Lipinski definition) is 1. The van der Waals surface area contributed by atoms with Crippen LogP contribution in [0.3, 0.4) is 0 Å². The lowest BCUT2D eigenvalue weighted by Gasteiger charge is -2.30. The number of amides is 1. The lowest BCUT2D eigenvalue weighted by Crippen LogP contribution is -2.41. The molecule has 1 aliphatic rings. The summed E-state index contributed by atoms with van der Waals surface area (Å²) in [5, 5.41) is 15.9. The predicted octanol–water partition coefficient (Wildman–Crippen LogP) is 1.64. The minimum absolute atomic E-state index is 0.150. The van der Waals surface area contributed by atoms with Crippen molar-refractivity contribution < 1.29 is 13.2 Å². The molecule has 2 aromatic heterocycles. The van der Waals surface area contributed by atoms with E-state index >= 15 is 0 Å². The van der Waals surface area contributed by atoms with E-state index in [1.807, 2.05) is 6.07 Å². The average Bonchev–Trinajstić information content (AvgIpc) is 3.24. The summed E-state index contributed by atoms with van der Waals surface area (Å²) in [5.41, 5.74) is 1.04. The van der Waals surface area contributed by atoms with Crippen LogP contribution in [0.2, 0.25) is 0 Å². The SMILES string of the molecule is N#Cc1ccc(S(=O)(=O)N2CCC(C(=O)Nc3ccnc4ccnn34)CC2)cc1. The number of nitrogens with one attached hydrogen (secondary N) is 1. The van der Waals surface area contributed by atoms with Gasteiger partial charge in [-0.1, -0.05) is 0 Å². The fourth-order valence-corrected chi connectivity index (χ4v) is 4.84. The molecular formula is C19H18N6O3S. The van der Waals surface area contributed by atoms with Crippen molar-refractivity contribution in [2.24, 2.45) is 5.92 Å². The van der Waals surface area contributed by atoms with Crippen molar-refractivity contribution in [2.75, 3.05) is 18.4 Å². The smallest absolute Gasteiger partial charge is 0.243 e. The fraction of sp³-hybridized carbons (Fsp3) is 0.263. The summed E-state index contributed by atoms with van der Waals surface area (Å²) < 4.78 is 28.5. The Bertz CT molecular complexity index is 1190. The van der Waals surface area contributed by atoms with Gasteiger partial charge in [0.1, 0.15) is 5.82 Å². The average molecular weight is 410 g/mol. The topological polar surface area (TPSA) is 120 Å². The summed E-state index contributed by atoms with van der Waals surface area (Å²) in [6, 6.07) is 11.2. The Morgan fingerprint density at radius 1 is 1.10 bits per heavy atom. The number of nitriles is 1. The lowest BCUT2D eigenvalue weighted by atomic mass is 9.97. The molecule has 1 N–H and O–H groups in total. The first-order chi connectivity index (χ1) is 14.0. The van der Waals surface area contributed by atoms with E-state index in [0.717, 1.165) is 0 Å². The molecule has 0 radical (unpaired) electrons. The Morgan fingerprint density at radius 3 is 2.52 bits per heavy atom. The zero-order valence-electron chi connectivity index (χ0n) is 15.4. The van der Waals surface area contributed by atoms with Crippen LogP contribution in [-0.2, 0) is 14.8 Å². The molecule has 0 saturated carbocycles. The van der Waals surface area contributed by atoms with Crippen LogP contribution in [0.4, 0.5) is 5.82 Å². The van der Waals surface area contributed by atoms with Gasteiger partial charge in [0.25, 0.3) is 0 Å². The molecule has 29 heavy (non-hydrogen) atoms. The van der Waals surface area contributed by atoms with Crippen molar-refractivity contribution in [3.63, 3.8) is 0 Å². The van der Waals surface area contributed by atoms with Crippen LogP contribution in [0.25, 0.3) is 5.65 Å². The Labute approximate surface area is 167 Å². The van der Waals surface area contributed by atoms with Crippen LogP contribution >= 0.6 is 0 Å². The van der Waals surface area contributed by atoms with Crippen molar-refractivity contribution in [3.8, 4) is 6.07 Å². The van der Waals surface area contributed by atoms with Gasteiger partial charge in [-0.25, -0.2) is 13.4 Å². The Balaban J connectivity index is 1.41. The van der Waals surface area contributed by atoms with Gasteiger partial charge in [-0.2, -0.15) is 19.2 Å². The van der Waals surface area contributed by atoms with Crippen molar-refractivity contribution in [3.05, 3.63) is 54.4 Å². The molecule has 1 fully saturated rings. The molecule has 9 nitrogen and oxygen atoms in total. The molecule has 1 aliphatic heterocycles. The third-order valence-corrected chi connectivity index (χ3v) is 6.90. The standard InChI is InChI=1S/C19H18N6O3S/c20-13-14-1-3-16(4-2-14)29(27,28)24-11-7-15(8-12-24)19(26)23-18-5-9-21-17-6-10-22-25(17)18/h1-6,9-10,15H,7-8,11-12H2,(H,23,26). The molecule has 0 atom stereocenters. The second-order valence-electron chi connectivity index (χ2n) is 6.74. The third kappa shape index (κ3) is 3.70. The van der Waals surface area contributed by atoms with Crippen molar-refractivity contribution in [2.45, 2.75) is 17.7 Å². The number of benzene rings is 1. The molecule has 3 heterocycles. The minimum atomic E-state index is -3.65. The molecule has 0 bridgehead atoms. The third-order valence-electron chi connectivity index (χ3n) is 4.99. The van der Waals surface area contributed by atoms with Gasteiger partial charge in [0.2, 0.25) is 15.9 Å². The van der Waals surface area contributed by atoms with Gasteiger partial charge in [0.15, 0.2) is 5.65 Å². The number of piperidine rings is 1. The number of carbonyl (C=O) groups is 1. The molecule has 10 heteroatoms. The van der Waals surface area contributed by atoms with E-state index in [1.165, 1.54) is 28.6 Å². The molecule has 148 valence electrons. The van der Waals surface area contributed by atoms with Gasteiger partial charge in [0, 0.05) is 31.3 Å². The van der Waals surface area contributed by atoms with E-state index in [-0.39, 0.29) is 29.8 Å². The van der Waals surface area contributed by atoms with E-state index in [1.54, 1.807) is 29.0 Å². The molecule has 4 rings (SSSR count). The summed E-state index contributed by atoms with van der Waals surface area (Å²) >= 11 is 0. The summed E-state index contributed by atoms with van der Waals surface area (Å²) in [6.07, 6.45) is 4.05. The monoisotopic (exact) mass is 410 g/mol. The van der Waals surface area contributed by atoms with Gasteiger partial charge < -0.3 is 5.32 Å². The van der Waals surface area contributed by atoms with Gasteiger partial charge in [-0.05, 0) is 43.2 Å². The van der Waals surface area contributed by atoms with Gasteiger partial charge in [0.05, 0.1) is 22.7 Å². The zero-order chi connectivity index (χ0) is 20.4. The highest BCUT2D eigenvalue weighted by Crippen LogP contribution is 2.25. The first-order valence-electron chi connectivity index (χ1n) is 9.09. The molecular weight excluding hydrogens is 392 g/mol. The molecule has 1 aromatic carbocycles. The molecule has 0 aliphatic carbocycles. The van der Waals surface area contributed by atoms with Crippen LogP contribution in [-0.4, -0.2) is 46.3 Å². The minimum Gasteiger partial charge on any atom is -0.310 e. The van der Waals surface area contributed by atoms with Gasteiger partial charge in [-0.3, -0.25) is 4.79 Å². The number of sulfonamides is 1. The highest BCUT2D eigenvalue weighted by molar-refractivity contribution is 7.89. The molecule has 3 aromatic rings. The van der Waals surface area contributed by atoms with Crippen molar-refractivity contribution >= 4 is 27.4 Å². The number of aromatic nitrogens is 3. The van der Waals surface area contributed by atoms with Crippen molar-refractivity contribution in [1.82, 2.24) is 18.9 Å².